The number of hydrogen-bond acceptors (Lipinski definition) is 4. The number of ether oxygens (including phenoxy) is 1. The summed E-state index contributed by atoms with van der Waals surface area (Å²) in [5.41, 5.74) is 0. The van der Waals surface area contributed by atoms with Crippen molar-refractivity contribution in [2.24, 2.45) is 0 Å². The molecule has 6 heteroatoms. The molecule has 0 spiro atoms. The summed E-state index contributed by atoms with van der Waals surface area (Å²) in [6.45, 7) is -0.475. The molecule has 0 aromatic carbocycles. The Morgan fingerprint density at radius 2 is 1.58 bits per heavy atom. The molecule has 0 fully saturated rings. The second-order valence-corrected chi connectivity index (χ2v) is 2.71. The van der Waals surface area contributed by atoms with Gasteiger partial charge in [0.15, 0.2) is 6.61 Å². The summed E-state index contributed by atoms with van der Waals surface area (Å²) in [6, 6.07) is 0. The second-order valence-electron chi connectivity index (χ2n) is 1.87. The van der Waals surface area contributed by atoms with E-state index in [9.17, 15) is 14.4 Å². The maximum atomic E-state index is 10.6. The highest BCUT2D eigenvalue weighted by molar-refractivity contribution is 6.64. The monoisotopic (exact) mass is 212 g/mol. The lowest BCUT2D eigenvalue weighted by atomic mass is 10.3. The van der Waals surface area contributed by atoms with Gasteiger partial charge in [0.1, 0.15) is 0 Å². The Morgan fingerprint density at radius 1 is 1.00 bits per heavy atom. The smallest absolute Gasteiger partial charge is 0.306 e. The van der Waals surface area contributed by atoms with Crippen LogP contribution in [0.25, 0.3) is 0 Å². The van der Waals surface area contributed by atoms with E-state index in [1.807, 2.05) is 0 Å². The Morgan fingerprint density at radius 3 is 2.00 bits per heavy atom. The average Bonchev–Trinajstić information content (AvgIpc) is 1.96. The van der Waals surface area contributed by atoms with Crippen LogP contribution in [0.15, 0.2) is 0 Å². The Labute approximate surface area is 78.8 Å². The number of carbonyl (C=O) groups is 3. The molecular weight excluding hydrogens is 207 g/mol. The molecule has 0 unspecified atom stereocenters. The maximum Gasteiger partial charge on any atom is 0.306 e. The summed E-state index contributed by atoms with van der Waals surface area (Å²) < 4.78 is 4.32. The van der Waals surface area contributed by atoms with Crippen LogP contribution >= 0.6 is 23.2 Å². The first kappa shape index (κ1) is 11.4. The van der Waals surface area contributed by atoms with Crippen molar-refractivity contribution in [1.29, 1.82) is 0 Å². The molecular formula is C6H6Cl2O4. The lowest BCUT2D eigenvalue weighted by molar-refractivity contribution is -0.146. The van der Waals surface area contributed by atoms with E-state index in [1.54, 1.807) is 0 Å². The van der Waals surface area contributed by atoms with Gasteiger partial charge in [-0.25, -0.2) is 0 Å². The van der Waals surface area contributed by atoms with Crippen LogP contribution in [0.1, 0.15) is 12.8 Å². The van der Waals surface area contributed by atoms with E-state index in [1.165, 1.54) is 0 Å². The fraction of sp³-hybridized carbons (Fsp3) is 0.500. The quantitative estimate of drug-likeness (QED) is 0.501. The fourth-order valence-corrected chi connectivity index (χ4v) is 0.559. The third kappa shape index (κ3) is 7.50. The molecule has 0 heterocycles. The first-order valence-corrected chi connectivity index (χ1v) is 3.80. The molecule has 0 saturated carbocycles. The summed E-state index contributed by atoms with van der Waals surface area (Å²) in [4.78, 5) is 30.8. The Bertz CT molecular complexity index is 182. The molecule has 0 amide bonds. The predicted octanol–water partition coefficient (Wildman–Crippen LogP) is 0.841. The van der Waals surface area contributed by atoms with Gasteiger partial charge in [0.05, 0.1) is 6.42 Å². The summed E-state index contributed by atoms with van der Waals surface area (Å²) in [6.07, 6.45) is -0.233. The van der Waals surface area contributed by atoms with Crippen LogP contribution in [0.3, 0.4) is 0 Å². The molecule has 0 rings (SSSR count). The third-order valence-electron chi connectivity index (χ3n) is 0.872. The minimum atomic E-state index is -0.763. The Hall–Kier alpha value is -0.610. The van der Waals surface area contributed by atoms with E-state index < -0.39 is 23.1 Å². The fourth-order valence-electron chi connectivity index (χ4n) is 0.410. The summed E-state index contributed by atoms with van der Waals surface area (Å²) in [5.74, 6) is -0.669. The highest BCUT2D eigenvalue weighted by Gasteiger charge is 2.07. The van der Waals surface area contributed by atoms with Gasteiger partial charge in [0, 0.05) is 6.42 Å². The van der Waals surface area contributed by atoms with Crippen molar-refractivity contribution in [1.82, 2.24) is 0 Å². The van der Waals surface area contributed by atoms with Gasteiger partial charge in [-0.3, -0.25) is 14.4 Å². The Balaban J connectivity index is 3.47. The highest BCUT2D eigenvalue weighted by atomic mass is 35.5. The standard InChI is InChI=1S/C6H6Cl2O4/c7-4(9)1-2-6(11)12-3-5(8)10/h1-3H2. The lowest BCUT2D eigenvalue weighted by Gasteiger charge is -1.98. The lowest BCUT2D eigenvalue weighted by Crippen LogP contribution is -2.10. The molecule has 68 valence electrons. The van der Waals surface area contributed by atoms with E-state index in [-0.39, 0.29) is 12.8 Å². The Kier molecular flexibility index (Phi) is 5.66. The van der Waals surface area contributed by atoms with Gasteiger partial charge in [-0.15, -0.1) is 0 Å². The van der Waals surface area contributed by atoms with E-state index in [0.29, 0.717) is 0 Å². The number of rotatable bonds is 5. The molecule has 0 radical (unpaired) electrons. The van der Waals surface area contributed by atoms with E-state index in [2.05, 4.69) is 4.74 Å². The average molecular weight is 213 g/mol. The zero-order chi connectivity index (χ0) is 9.56. The number of hydrogen-bond donors (Lipinski definition) is 0. The third-order valence-corrected chi connectivity index (χ3v) is 1.17. The van der Waals surface area contributed by atoms with Crippen LogP contribution < -0.4 is 0 Å². The van der Waals surface area contributed by atoms with E-state index in [0.717, 1.165) is 0 Å². The highest BCUT2D eigenvalue weighted by Crippen LogP contribution is 1.97. The van der Waals surface area contributed by atoms with Gasteiger partial charge in [-0.05, 0) is 23.2 Å². The van der Waals surface area contributed by atoms with Gasteiger partial charge in [0.2, 0.25) is 5.24 Å². The summed E-state index contributed by atoms with van der Waals surface area (Å²) in [5, 5.41) is -1.38. The molecule has 0 aliphatic carbocycles. The molecule has 0 aliphatic heterocycles. The van der Waals surface area contributed by atoms with Crippen molar-refractivity contribution in [3.63, 3.8) is 0 Å². The van der Waals surface area contributed by atoms with Crippen LogP contribution in [-0.2, 0) is 19.1 Å². The van der Waals surface area contributed by atoms with Crippen molar-refractivity contribution in [3.05, 3.63) is 0 Å². The van der Waals surface area contributed by atoms with Gasteiger partial charge in [-0.1, -0.05) is 0 Å². The zero-order valence-corrected chi connectivity index (χ0v) is 7.52. The molecule has 4 nitrogen and oxygen atoms in total. The molecule has 0 aliphatic rings. The molecule has 0 atom stereocenters. The van der Waals surface area contributed by atoms with Crippen molar-refractivity contribution in [2.75, 3.05) is 6.61 Å². The van der Waals surface area contributed by atoms with Crippen LogP contribution in [0.5, 0.6) is 0 Å². The first-order valence-electron chi connectivity index (χ1n) is 3.04. The number of halogens is 2. The van der Waals surface area contributed by atoms with Crippen LogP contribution in [0, 0.1) is 0 Å². The predicted molar refractivity (Wildman–Crippen MR) is 41.9 cm³/mol. The van der Waals surface area contributed by atoms with Gasteiger partial charge in [0.25, 0.3) is 5.24 Å². The van der Waals surface area contributed by atoms with Gasteiger partial charge >= 0.3 is 5.97 Å². The van der Waals surface area contributed by atoms with Gasteiger partial charge < -0.3 is 4.74 Å². The van der Waals surface area contributed by atoms with Crippen molar-refractivity contribution in [2.45, 2.75) is 12.8 Å². The van der Waals surface area contributed by atoms with E-state index in [4.69, 9.17) is 23.2 Å². The molecule has 0 saturated heterocycles. The van der Waals surface area contributed by atoms with Gasteiger partial charge in [-0.2, -0.15) is 0 Å². The molecule has 0 bridgehead atoms. The number of esters is 1. The van der Waals surface area contributed by atoms with Crippen molar-refractivity contribution >= 4 is 39.7 Å². The minimum absolute atomic E-state index is 0.100. The van der Waals surface area contributed by atoms with Crippen molar-refractivity contribution < 1.29 is 19.1 Å². The number of carbonyl (C=O) groups excluding carboxylic acids is 3. The molecule has 0 aromatic rings. The largest absolute Gasteiger partial charge is 0.456 e. The molecule has 12 heavy (non-hydrogen) atoms. The van der Waals surface area contributed by atoms with Crippen molar-refractivity contribution in [3.8, 4) is 0 Å². The second kappa shape index (κ2) is 5.97. The van der Waals surface area contributed by atoms with Crippen LogP contribution in [0.2, 0.25) is 0 Å². The minimum Gasteiger partial charge on any atom is -0.456 e. The zero-order valence-electron chi connectivity index (χ0n) is 6.01. The first-order chi connectivity index (χ1) is 5.52. The van der Waals surface area contributed by atoms with E-state index >= 15 is 0 Å². The van der Waals surface area contributed by atoms with Crippen LogP contribution in [-0.4, -0.2) is 23.1 Å². The SMILES string of the molecule is O=C(Cl)CCC(=O)OCC(=O)Cl. The topological polar surface area (TPSA) is 60.4 Å². The maximum absolute atomic E-state index is 10.6. The summed E-state index contributed by atoms with van der Waals surface area (Å²) in [7, 11) is 0. The molecule has 0 N–H and O–H groups in total. The van der Waals surface area contributed by atoms with Crippen LogP contribution in [0.4, 0.5) is 0 Å². The normalized spacial score (nSPS) is 9.17. The molecule has 0 aromatic heterocycles. The summed E-state index contributed by atoms with van der Waals surface area (Å²) >= 11 is 9.82.